The van der Waals surface area contributed by atoms with Gasteiger partial charge in [0.25, 0.3) is 5.91 Å². The zero-order chi connectivity index (χ0) is 40.8. The first-order valence-electron chi connectivity index (χ1n) is 18.8. The number of carbonyl (C=O) groups is 1. The van der Waals surface area contributed by atoms with E-state index in [1.54, 1.807) is 38.5 Å². The van der Waals surface area contributed by atoms with Crippen LogP contribution >= 0.6 is 0 Å². The van der Waals surface area contributed by atoms with Gasteiger partial charge in [0.05, 0.1) is 34.0 Å². The summed E-state index contributed by atoms with van der Waals surface area (Å²) in [6.45, 7) is 10.1. The summed E-state index contributed by atoms with van der Waals surface area (Å²) in [5, 5.41) is 40.1. The molecule has 6 aromatic rings. The zero-order valence-electron chi connectivity index (χ0n) is 33.1. The first-order chi connectivity index (χ1) is 27.2. The van der Waals surface area contributed by atoms with Gasteiger partial charge in [0.1, 0.15) is 41.4 Å². The van der Waals surface area contributed by atoms with Crippen molar-refractivity contribution in [1.29, 1.82) is 0 Å². The van der Waals surface area contributed by atoms with Crippen molar-refractivity contribution < 1.29 is 34.3 Å². The highest BCUT2D eigenvalue weighted by Crippen LogP contribution is 2.56. The molecule has 13 heteroatoms. The molecular weight excluding hydrogens is 739 g/mol. The Morgan fingerprint density at radius 2 is 1.35 bits per heavy atom. The van der Waals surface area contributed by atoms with Crippen molar-refractivity contribution in [2.75, 3.05) is 19.5 Å². The average Bonchev–Trinajstić information content (AvgIpc) is 3.78. The number of methoxy groups -OCH3 is 2. The first kappa shape index (κ1) is 39.8. The Labute approximate surface area is 333 Å². The van der Waals surface area contributed by atoms with E-state index in [4.69, 9.17) is 14.2 Å². The van der Waals surface area contributed by atoms with Crippen LogP contribution in [0.2, 0.25) is 18.1 Å². The molecule has 3 heterocycles. The Hall–Kier alpha value is -5.44. The second-order valence-electron chi connectivity index (χ2n) is 16.0. The number of nitrogens with zero attached hydrogens (tertiary/aromatic N) is 4. The number of benzene rings is 4. The first-order valence-corrected chi connectivity index (χ1v) is 21.8. The Balaban J connectivity index is 1.43. The summed E-state index contributed by atoms with van der Waals surface area (Å²) in [5.41, 5.74) is 1.70. The molecule has 7 rings (SSSR count). The van der Waals surface area contributed by atoms with E-state index in [1.165, 1.54) is 17.2 Å². The monoisotopic (exact) mass is 787 g/mol. The summed E-state index contributed by atoms with van der Waals surface area (Å²) in [4.78, 5) is 26.5. The highest BCUT2D eigenvalue weighted by molar-refractivity contribution is 6.83. The Bertz CT molecular complexity index is 2290. The van der Waals surface area contributed by atoms with Crippen molar-refractivity contribution in [2.45, 2.75) is 74.1 Å². The maximum atomic E-state index is 13.5. The van der Waals surface area contributed by atoms with Crippen LogP contribution in [0.25, 0.3) is 11.2 Å². The zero-order valence-corrected chi connectivity index (χ0v) is 34.1. The van der Waals surface area contributed by atoms with Crippen molar-refractivity contribution in [1.82, 2.24) is 19.5 Å². The molecule has 1 aliphatic rings. The highest BCUT2D eigenvalue weighted by atomic mass is 28.3. The minimum absolute atomic E-state index is 0.165. The van der Waals surface area contributed by atoms with Crippen LogP contribution in [-0.4, -0.2) is 86.6 Å². The van der Waals surface area contributed by atoms with E-state index in [0.29, 0.717) is 28.2 Å². The van der Waals surface area contributed by atoms with Gasteiger partial charge < -0.3 is 34.8 Å². The number of hydrogen-bond acceptors (Lipinski definition) is 10. The molecule has 1 fully saturated rings. The average molecular weight is 788 g/mol. The maximum absolute atomic E-state index is 13.5. The second-order valence-corrected chi connectivity index (χ2v) is 21.6. The van der Waals surface area contributed by atoms with Crippen molar-refractivity contribution >= 4 is 31.0 Å². The number of ether oxygens (including phenoxy) is 3. The van der Waals surface area contributed by atoms with E-state index < -0.39 is 48.3 Å². The second kappa shape index (κ2) is 15.1. The van der Waals surface area contributed by atoms with Crippen LogP contribution in [-0.2, 0) is 10.2 Å². The molecule has 57 heavy (non-hydrogen) atoms. The number of fused-ring (bicyclic) bond motifs is 1. The maximum Gasteiger partial charge on any atom is 0.256 e. The molecule has 0 radical (unpaired) electrons. The minimum Gasteiger partial charge on any atom is -0.497 e. The van der Waals surface area contributed by atoms with Gasteiger partial charge >= 0.3 is 0 Å². The van der Waals surface area contributed by atoms with Crippen molar-refractivity contribution in [3.05, 3.63) is 144 Å². The van der Waals surface area contributed by atoms with Gasteiger partial charge in [0, 0.05) is 5.56 Å². The Morgan fingerprint density at radius 1 is 0.825 bits per heavy atom. The van der Waals surface area contributed by atoms with Crippen molar-refractivity contribution in [3.63, 3.8) is 0 Å². The molecule has 0 aliphatic carbocycles. The molecule has 1 aliphatic heterocycles. The summed E-state index contributed by atoms with van der Waals surface area (Å²) in [5.74, 6) is 1.04. The smallest absolute Gasteiger partial charge is 0.256 e. The number of aromatic nitrogens is 4. The minimum atomic E-state index is -3.13. The predicted molar refractivity (Wildman–Crippen MR) is 220 cm³/mol. The van der Waals surface area contributed by atoms with Gasteiger partial charge in [-0.2, -0.15) is 0 Å². The molecule has 5 atom stereocenters. The number of carbonyl (C=O) groups excluding carboxylic acids is 1. The van der Waals surface area contributed by atoms with Crippen LogP contribution in [0.1, 0.15) is 54.0 Å². The molecule has 4 aromatic carbocycles. The number of amides is 1. The number of aliphatic hydroxyl groups excluding tert-OH is 2. The number of imidazole rings is 1. The van der Waals surface area contributed by atoms with E-state index in [9.17, 15) is 20.1 Å². The normalized spacial score (nSPS) is 20.6. The summed E-state index contributed by atoms with van der Waals surface area (Å²) in [6.07, 6.45) is -2.97. The van der Waals surface area contributed by atoms with Crippen LogP contribution < -0.4 is 14.8 Å². The molecular formula is C44H49N5O7Si. The molecule has 0 saturated carbocycles. The Morgan fingerprint density at radius 3 is 1.88 bits per heavy atom. The van der Waals surface area contributed by atoms with E-state index in [1.807, 2.05) is 119 Å². The number of nitrogens with one attached hydrogen (secondary N) is 1. The summed E-state index contributed by atoms with van der Waals surface area (Å²) >= 11 is 0. The molecule has 12 nitrogen and oxygen atoms in total. The van der Waals surface area contributed by atoms with Gasteiger partial charge in [-0.25, -0.2) is 15.0 Å². The fraction of sp³-hybridized carbons (Fsp3) is 0.318. The lowest BCUT2D eigenvalue weighted by atomic mass is 9.64. The number of aliphatic hydroxyl groups is 3. The lowest BCUT2D eigenvalue weighted by Gasteiger charge is -2.53. The number of hydrogen-bond donors (Lipinski definition) is 4. The number of anilines is 1. The molecule has 4 N–H and O–H groups in total. The van der Waals surface area contributed by atoms with Crippen LogP contribution in [0, 0.1) is 0 Å². The molecule has 1 unspecified atom stereocenters. The van der Waals surface area contributed by atoms with Gasteiger partial charge in [0.15, 0.2) is 23.2 Å². The van der Waals surface area contributed by atoms with Gasteiger partial charge in [-0.15, -0.1) is 0 Å². The standard InChI is InChI=1S/C44H49N5O7Si/c1-42(2,3)57(6,7)44(53)36(51)41(49-27-47-34-38(45-26-46-39(34)49)48-40(52)28-14-10-8-11-15-28)56-37(44)35(50)43(29-16-12-9-13-17-29,30-18-22-32(54-4)23-19-30)31-20-24-33(55-5)25-21-31/h8-27,35-37,41,50-51,53H,1-7H3,(H,45,46,48,52)/t35?,36-,37+,41+,44+/m0/s1. The number of rotatable bonds is 11. The molecule has 0 spiro atoms. The van der Waals surface area contributed by atoms with Gasteiger partial charge in [-0.05, 0) is 58.1 Å². The fourth-order valence-corrected chi connectivity index (χ4v) is 11.1. The SMILES string of the molecule is COc1ccc(C(c2ccccc2)(c2ccc(OC)cc2)C(O)[C@H]2O[C@@H](n3cnc4c(NC(=O)c5ccccc5)ncnc43)[C@H](O)[C@@]2(O)[Si](C)(C)C(C)(C)C)cc1. The molecule has 1 saturated heterocycles. The van der Waals surface area contributed by atoms with Gasteiger partial charge in [-0.3, -0.25) is 9.36 Å². The molecule has 1 amide bonds. The van der Waals surface area contributed by atoms with Crippen LogP contribution in [0.15, 0.2) is 122 Å². The van der Waals surface area contributed by atoms with Gasteiger partial charge in [-0.1, -0.05) is 107 Å². The highest BCUT2D eigenvalue weighted by Gasteiger charge is 2.70. The lowest BCUT2D eigenvalue weighted by Crippen LogP contribution is -2.72. The van der Waals surface area contributed by atoms with E-state index in [0.717, 1.165) is 5.56 Å². The quantitative estimate of drug-likeness (QED) is 0.0840. The van der Waals surface area contributed by atoms with Crippen molar-refractivity contribution in [2.24, 2.45) is 0 Å². The summed E-state index contributed by atoms with van der Waals surface area (Å²) in [6, 6.07) is 33.3. The van der Waals surface area contributed by atoms with Crippen LogP contribution in [0.3, 0.4) is 0 Å². The fourth-order valence-electron chi connectivity index (χ4n) is 8.12. The third kappa shape index (κ3) is 6.49. The largest absolute Gasteiger partial charge is 0.497 e. The van der Waals surface area contributed by atoms with Crippen LogP contribution in [0.5, 0.6) is 11.5 Å². The lowest BCUT2D eigenvalue weighted by molar-refractivity contribution is -0.109. The summed E-state index contributed by atoms with van der Waals surface area (Å²) in [7, 11) is 0.0553. The van der Waals surface area contributed by atoms with E-state index >= 15 is 0 Å². The van der Waals surface area contributed by atoms with E-state index in [2.05, 4.69) is 20.3 Å². The third-order valence-corrected chi connectivity index (χ3v) is 18.6. The molecule has 0 bridgehead atoms. The van der Waals surface area contributed by atoms with Crippen molar-refractivity contribution in [3.8, 4) is 11.5 Å². The molecule has 296 valence electrons. The summed E-state index contributed by atoms with van der Waals surface area (Å²) < 4.78 is 19.6. The van der Waals surface area contributed by atoms with Gasteiger partial charge in [0.2, 0.25) is 0 Å². The predicted octanol–water partition coefficient (Wildman–Crippen LogP) is 6.53. The van der Waals surface area contributed by atoms with Crippen LogP contribution in [0.4, 0.5) is 5.82 Å². The Kier molecular flexibility index (Phi) is 10.6. The molecule has 2 aromatic heterocycles. The third-order valence-electron chi connectivity index (χ3n) is 12.3. The van der Waals surface area contributed by atoms with E-state index in [-0.39, 0.29) is 22.9 Å². The topological polar surface area (TPSA) is 161 Å².